The molecule has 2 aliphatic rings. The van der Waals surface area contributed by atoms with Crippen LogP contribution < -0.4 is 5.73 Å². The third kappa shape index (κ3) is 8.70. The fraction of sp³-hybridized carbons (Fsp3) is 0.565. The second-order valence-electron chi connectivity index (χ2n) is 7.84. The molecule has 2 aliphatic heterocycles. The second kappa shape index (κ2) is 12.7. The van der Waals surface area contributed by atoms with Gasteiger partial charge in [-0.25, -0.2) is 4.98 Å². The number of nitrogens with two attached hydrogens (primary N) is 1. The van der Waals surface area contributed by atoms with Crippen molar-refractivity contribution in [3.05, 3.63) is 47.9 Å². The molecular formula is C23H32F3N3O4S. The Morgan fingerprint density at radius 2 is 1.82 bits per heavy atom. The molecule has 4 rings (SSSR count). The van der Waals surface area contributed by atoms with E-state index in [0.717, 1.165) is 17.5 Å². The third-order valence-electron chi connectivity index (χ3n) is 4.67. The first-order chi connectivity index (χ1) is 16.0. The Morgan fingerprint density at radius 1 is 1.15 bits per heavy atom. The number of halogens is 3. The Kier molecular flexibility index (Phi) is 10.6. The quantitative estimate of drug-likeness (QED) is 0.553. The number of alkyl halides is 3. The van der Waals surface area contributed by atoms with Gasteiger partial charge in [0.05, 0.1) is 25.1 Å². The topological polar surface area (TPSA) is 88.7 Å². The van der Waals surface area contributed by atoms with E-state index in [1.54, 1.807) is 0 Å². The van der Waals surface area contributed by atoms with Crippen molar-refractivity contribution in [1.29, 1.82) is 0 Å². The summed E-state index contributed by atoms with van der Waals surface area (Å²) in [6.07, 6.45) is -1.90. The van der Waals surface area contributed by atoms with Crippen molar-refractivity contribution in [3.8, 4) is 0 Å². The lowest BCUT2D eigenvalue weighted by Gasteiger charge is -2.30. The first-order valence-electron chi connectivity index (χ1n) is 11.0. The van der Waals surface area contributed by atoms with E-state index in [2.05, 4.69) is 41.2 Å². The Hall–Kier alpha value is -1.92. The molecule has 1 aromatic heterocycles. The normalized spacial score (nSPS) is 23.1. The lowest BCUT2D eigenvalue weighted by molar-refractivity contribution is -0.156. The number of anilines is 1. The van der Waals surface area contributed by atoms with Gasteiger partial charge in [0.25, 0.3) is 0 Å². The van der Waals surface area contributed by atoms with Crippen LogP contribution in [0.4, 0.5) is 19.0 Å². The van der Waals surface area contributed by atoms with Crippen LogP contribution in [-0.4, -0.2) is 47.3 Å². The molecule has 0 spiro atoms. The molecule has 0 bridgehead atoms. The molecule has 3 heterocycles. The number of fused-ring (bicyclic) bond motifs is 1. The van der Waals surface area contributed by atoms with Gasteiger partial charge >= 0.3 is 6.18 Å². The lowest BCUT2D eigenvalue weighted by Crippen LogP contribution is -2.44. The van der Waals surface area contributed by atoms with Crippen LogP contribution >= 0.6 is 12.0 Å². The molecule has 1 aromatic carbocycles. The summed E-state index contributed by atoms with van der Waals surface area (Å²) in [4.78, 5) is 7.37. The molecule has 0 aliphatic carbocycles. The zero-order chi connectivity index (χ0) is 25.4. The van der Waals surface area contributed by atoms with Crippen LogP contribution in [0.15, 0.2) is 41.6 Å². The molecule has 190 valence electrons. The molecule has 34 heavy (non-hydrogen) atoms. The molecule has 11 heteroatoms. The van der Waals surface area contributed by atoms with Crippen LogP contribution in [0.5, 0.6) is 0 Å². The van der Waals surface area contributed by atoms with Gasteiger partial charge < -0.3 is 24.1 Å². The number of hydrogen-bond donors (Lipinski definition) is 1. The van der Waals surface area contributed by atoms with E-state index in [1.165, 1.54) is 17.6 Å². The molecule has 2 aromatic rings. The maximum atomic E-state index is 11.8. The predicted octanol–water partition coefficient (Wildman–Crippen LogP) is 5.43. The van der Waals surface area contributed by atoms with Crippen molar-refractivity contribution in [3.63, 3.8) is 0 Å². The SMILES string of the molecule is CC.Cc1ccc(SOCC2OCCC3OC(C)(C)OC23)cc1.Nc1cncc(C(F)(F)F)n1. The maximum Gasteiger partial charge on any atom is 0.434 e. The smallest absolute Gasteiger partial charge is 0.382 e. The average molecular weight is 504 g/mol. The molecule has 0 amide bonds. The monoisotopic (exact) mass is 503 g/mol. The largest absolute Gasteiger partial charge is 0.434 e. The molecule has 0 radical (unpaired) electrons. The summed E-state index contributed by atoms with van der Waals surface area (Å²) in [7, 11) is 0. The van der Waals surface area contributed by atoms with E-state index in [9.17, 15) is 13.2 Å². The highest BCUT2D eigenvalue weighted by molar-refractivity contribution is 7.94. The third-order valence-corrected chi connectivity index (χ3v) is 5.39. The van der Waals surface area contributed by atoms with Gasteiger partial charge in [-0.2, -0.15) is 13.2 Å². The lowest BCUT2D eigenvalue weighted by atomic mass is 10.0. The summed E-state index contributed by atoms with van der Waals surface area (Å²) < 4.78 is 58.8. The van der Waals surface area contributed by atoms with E-state index < -0.39 is 17.7 Å². The number of ether oxygens (including phenoxy) is 3. The van der Waals surface area contributed by atoms with E-state index in [1.807, 2.05) is 27.7 Å². The fourth-order valence-electron chi connectivity index (χ4n) is 3.26. The Morgan fingerprint density at radius 3 is 2.41 bits per heavy atom. The highest BCUT2D eigenvalue weighted by Gasteiger charge is 2.47. The van der Waals surface area contributed by atoms with Gasteiger partial charge in [0.15, 0.2) is 11.5 Å². The Labute approximate surface area is 202 Å². The maximum absolute atomic E-state index is 11.8. The predicted molar refractivity (Wildman–Crippen MR) is 124 cm³/mol. The first kappa shape index (κ1) is 28.3. The summed E-state index contributed by atoms with van der Waals surface area (Å²) in [6.45, 7) is 11.2. The van der Waals surface area contributed by atoms with Crippen LogP contribution in [0.25, 0.3) is 0 Å². The summed E-state index contributed by atoms with van der Waals surface area (Å²) >= 11 is 1.38. The second-order valence-corrected chi connectivity index (χ2v) is 8.72. The first-order valence-corrected chi connectivity index (χ1v) is 11.8. The number of nitrogens with zero attached hydrogens (tertiary/aromatic N) is 2. The number of rotatable bonds is 4. The van der Waals surface area contributed by atoms with Crippen LogP contribution in [0.1, 0.15) is 45.4 Å². The van der Waals surface area contributed by atoms with Gasteiger partial charge in [-0.05, 0) is 39.3 Å². The summed E-state index contributed by atoms with van der Waals surface area (Å²) in [5.74, 6) is -0.759. The number of hydrogen-bond acceptors (Lipinski definition) is 8. The minimum Gasteiger partial charge on any atom is -0.382 e. The molecule has 2 saturated heterocycles. The van der Waals surface area contributed by atoms with Gasteiger partial charge in [-0.1, -0.05) is 31.5 Å². The highest BCUT2D eigenvalue weighted by atomic mass is 32.2. The van der Waals surface area contributed by atoms with Crippen LogP contribution in [0.2, 0.25) is 0 Å². The number of benzene rings is 1. The van der Waals surface area contributed by atoms with E-state index in [4.69, 9.17) is 24.1 Å². The van der Waals surface area contributed by atoms with Gasteiger partial charge in [0.1, 0.15) is 18.0 Å². The number of aromatic nitrogens is 2. The van der Waals surface area contributed by atoms with Crippen molar-refractivity contribution in [1.82, 2.24) is 9.97 Å². The van der Waals surface area contributed by atoms with E-state index in [-0.39, 0.29) is 24.1 Å². The highest BCUT2D eigenvalue weighted by Crippen LogP contribution is 2.35. The van der Waals surface area contributed by atoms with Crippen molar-refractivity contribution < 1.29 is 31.6 Å². The Balaban J connectivity index is 0.000000266. The Bertz CT molecular complexity index is 885. The average Bonchev–Trinajstić information content (AvgIpc) is 3.11. The van der Waals surface area contributed by atoms with Crippen molar-refractivity contribution in [2.24, 2.45) is 0 Å². The van der Waals surface area contributed by atoms with Crippen molar-refractivity contribution in [2.75, 3.05) is 18.9 Å². The van der Waals surface area contributed by atoms with Gasteiger partial charge in [-0.3, -0.25) is 4.98 Å². The fourth-order valence-corrected chi connectivity index (χ4v) is 3.84. The molecule has 0 saturated carbocycles. The summed E-state index contributed by atoms with van der Waals surface area (Å²) in [6, 6.07) is 8.27. The molecule has 3 unspecified atom stereocenters. The number of aryl methyl sites for hydroxylation is 1. The van der Waals surface area contributed by atoms with Gasteiger partial charge in [0, 0.05) is 23.5 Å². The summed E-state index contributed by atoms with van der Waals surface area (Å²) in [5, 5.41) is 0. The zero-order valence-electron chi connectivity index (χ0n) is 20.0. The van der Waals surface area contributed by atoms with Crippen LogP contribution in [-0.2, 0) is 24.6 Å². The minimum absolute atomic E-state index is 0.0348. The van der Waals surface area contributed by atoms with E-state index in [0.29, 0.717) is 19.4 Å². The van der Waals surface area contributed by atoms with Crippen molar-refractivity contribution in [2.45, 2.75) is 76.2 Å². The number of nitrogen functional groups attached to an aromatic ring is 1. The van der Waals surface area contributed by atoms with Gasteiger partial charge in [0.2, 0.25) is 0 Å². The van der Waals surface area contributed by atoms with Crippen molar-refractivity contribution >= 4 is 17.9 Å². The van der Waals surface area contributed by atoms with E-state index >= 15 is 0 Å². The van der Waals surface area contributed by atoms with Crippen LogP contribution in [0, 0.1) is 6.92 Å². The molecule has 2 fully saturated rings. The molecule has 7 nitrogen and oxygen atoms in total. The molecular weight excluding hydrogens is 471 g/mol. The zero-order valence-corrected chi connectivity index (χ0v) is 20.8. The molecule has 3 atom stereocenters. The molecule has 2 N–H and O–H groups in total. The van der Waals surface area contributed by atoms with Crippen LogP contribution in [0.3, 0.4) is 0 Å². The summed E-state index contributed by atoms with van der Waals surface area (Å²) in [5.41, 5.74) is 5.16. The minimum atomic E-state index is -4.47. The standard InChI is InChI=1S/C16H22O4S.C5H4F3N3.C2H6/c1-11-4-6-12(7-5-11)21-18-10-14-15-13(8-9-17-14)19-16(2,3)20-15;6-5(7,8)3-1-10-2-4(9)11-3;1-2/h4-7,13-15H,8-10H2,1-3H3;1-2H,(H2,9,11);1-2H3. The van der Waals surface area contributed by atoms with Gasteiger partial charge in [-0.15, -0.1) is 0 Å².